The fraction of sp³-hybridized carbons (Fsp3) is 0.588. The molecule has 118 valence electrons. The lowest BCUT2D eigenvalue weighted by molar-refractivity contribution is -0.144. The number of carbonyl (C=O) groups is 2. The SMILES string of the molecule is CCN1C(=O)CCCC12CCCN(C(=O)c1ccncc1)C2. The standard InChI is InChI=1S/C17H23N3O2/c1-2-20-15(21)5-3-8-17(20)9-4-12-19(13-17)16(22)14-6-10-18-11-7-14/h6-7,10-11H,2-5,8-9,12-13H2,1H3. The van der Waals surface area contributed by atoms with Crippen LogP contribution in [0.25, 0.3) is 0 Å². The highest BCUT2D eigenvalue weighted by molar-refractivity contribution is 5.94. The van der Waals surface area contributed by atoms with Crippen molar-refractivity contribution in [3.8, 4) is 0 Å². The summed E-state index contributed by atoms with van der Waals surface area (Å²) in [6.07, 6.45) is 7.85. The molecule has 5 nitrogen and oxygen atoms in total. The Morgan fingerprint density at radius 1 is 1.27 bits per heavy atom. The van der Waals surface area contributed by atoms with E-state index in [-0.39, 0.29) is 17.4 Å². The molecule has 0 saturated carbocycles. The highest BCUT2D eigenvalue weighted by atomic mass is 16.2. The zero-order valence-electron chi connectivity index (χ0n) is 13.1. The smallest absolute Gasteiger partial charge is 0.254 e. The van der Waals surface area contributed by atoms with Crippen LogP contribution in [-0.2, 0) is 4.79 Å². The molecule has 0 aromatic carbocycles. The quantitative estimate of drug-likeness (QED) is 0.840. The van der Waals surface area contributed by atoms with Gasteiger partial charge in [-0.3, -0.25) is 14.6 Å². The second-order valence-electron chi connectivity index (χ2n) is 6.28. The summed E-state index contributed by atoms with van der Waals surface area (Å²) in [7, 11) is 0. The third-order valence-electron chi connectivity index (χ3n) is 4.99. The minimum absolute atomic E-state index is 0.0514. The van der Waals surface area contributed by atoms with Gasteiger partial charge < -0.3 is 9.80 Å². The maximum absolute atomic E-state index is 12.7. The second-order valence-corrected chi connectivity index (χ2v) is 6.28. The molecule has 3 heterocycles. The molecule has 1 atom stereocenters. The molecule has 2 fully saturated rings. The van der Waals surface area contributed by atoms with E-state index in [0.29, 0.717) is 18.5 Å². The zero-order valence-corrected chi connectivity index (χ0v) is 13.1. The van der Waals surface area contributed by atoms with Gasteiger partial charge in [-0.1, -0.05) is 0 Å². The molecule has 0 radical (unpaired) electrons. The lowest BCUT2D eigenvalue weighted by atomic mass is 9.79. The number of hydrogen-bond donors (Lipinski definition) is 0. The van der Waals surface area contributed by atoms with E-state index in [4.69, 9.17) is 0 Å². The van der Waals surface area contributed by atoms with Crippen LogP contribution in [0.1, 0.15) is 49.4 Å². The van der Waals surface area contributed by atoms with Crippen LogP contribution in [0.4, 0.5) is 0 Å². The zero-order chi connectivity index (χ0) is 15.6. The number of hydrogen-bond acceptors (Lipinski definition) is 3. The van der Waals surface area contributed by atoms with Crippen molar-refractivity contribution >= 4 is 11.8 Å². The van der Waals surface area contributed by atoms with E-state index in [9.17, 15) is 9.59 Å². The first kappa shape index (κ1) is 15.0. The Morgan fingerprint density at radius 3 is 2.73 bits per heavy atom. The van der Waals surface area contributed by atoms with Gasteiger partial charge in [0.15, 0.2) is 0 Å². The fourth-order valence-electron chi connectivity index (χ4n) is 4.00. The second kappa shape index (κ2) is 6.07. The van der Waals surface area contributed by atoms with Crippen molar-refractivity contribution in [2.24, 2.45) is 0 Å². The average Bonchev–Trinajstić information content (AvgIpc) is 2.55. The van der Waals surface area contributed by atoms with Crippen molar-refractivity contribution < 1.29 is 9.59 Å². The molecular weight excluding hydrogens is 278 g/mol. The summed E-state index contributed by atoms with van der Waals surface area (Å²) >= 11 is 0. The lowest BCUT2D eigenvalue weighted by Gasteiger charge is -2.51. The van der Waals surface area contributed by atoms with Gasteiger partial charge in [0.1, 0.15) is 0 Å². The maximum Gasteiger partial charge on any atom is 0.254 e. The summed E-state index contributed by atoms with van der Waals surface area (Å²) in [5.74, 6) is 0.294. The first-order valence-corrected chi connectivity index (χ1v) is 8.16. The Labute approximate surface area is 131 Å². The first-order valence-electron chi connectivity index (χ1n) is 8.16. The highest BCUT2D eigenvalue weighted by Crippen LogP contribution is 2.36. The average molecular weight is 301 g/mol. The molecule has 0 aliphatic carbocycles. The number of amides is 2. The molecule has 5 heteroatoms. The number of rotatable bonds is 2. The predicted molar refractivity (Wildman–Crippen MR) is 83.3 cm³/mol. The van der Waals surface area contributed by atoms with Gasteiger partial charge >= 0.3 is 0 Å². The molecule has 2 aliphatic rings. The number of pyridine rings is 1. The van der Waals surface area contributed by atoms with Gasteiger partial charge in [-0.15, -0.1) is 0 Å². The summed E-state index contributed by atoms with van der Waals surface area (Å²) in [5.41, 5.74) is 0.530. The molecule has 1 spiro atoms. The monoisotopic (exact) mass is 301 g/mol. The van der Waals surface area contributed by atoms with Crippen LogP contribution in [0.2, 0.25) is 0 Å². The Kier molecular flexibility index (Phi) is 4.14. The van der Waals surface area contributed by atoms with E-state index in [1.54, 1.807) is 24.5 Å². The maximum atomic E-state index is 12.7. The van der Waals surface area contributed by atoms with Crippen molar-refractivity contribution in [2.75, 3.05) is 19.6 Å². The molecule has 2 amide bonds. The molecule has 1 aromatic heterocycles. The van der Waals surface area contributed by atoms with Crippen molar-refractivity contribution in [3.63, 3.8) is 0 Å². The predicted octanol–water partition coefficient (Wildman–Crippen LogP) is 2.09. The largest absolute Gasteiger partial charge is 0.336 e. The minimum atomic E-state index is -0.148. The Balaban J connectivity index is 1.81. The minimum Gasteiger partial charge on any atom is -0.336 e. The van der Waals surface area contributed by atoms with Crippen LogP contribution >= 0.6 is 0 Å². The van der Waals surface area contributed by atoms with Gasteiger partial charge in [0, 0.05) is 44.0 Å². The molecular formula is C17H23N3O2. The van der Waals surface area contributed by atoms with E-state index >= 15 is 0 Å². The van der Waals surface area contributed by atoms with E-state index in [1.807, 2.05) is 16.7 Å². The van der Waals surface area contributed by atoms with Crippen molar-refractivity contribution in [1.29, 1.82) is 0 Å². The lowest BCUT2D eigenvalue weighted by Crippen LogP contribution is -2.63. The summed E-state index contributed by atoms with van der Waals surface area (Å²) < 4.78 is 0. The van der Waals surface area contributed by atoms with Gasteiger partial charge in [0.05, 0.1) is 5.54 Å². The van der Waals surface area contributed by atoms with Gasteiger partial charge in [-0.05, 0) is 44.7 Å². The van der Waals surface area contributed by atoms with E-state index < -0.39 is 0 Å². The summed E-state index contributed by atoms with van der Waals surface area (Å²) in [5, 5.41) is 0. The highest BCUT2D eigenvalue weighted by Gasteiger charge is 2.45. The summed E-state index contributed by atoms with van der Waals surface area (Å²) in [4.78, 5) is 32.9. The van der Waals surface area contributed by atoms with Crippen LogP contribution in [-0.4, -0.2) is 51.8 Å². The Morgan fingerprint density at radius 2 is 2.00 bits per heavy atom. The van der Waals surface area contributed by atoms with Crippen molar-refractivity contribution in [2.45, 2.75) is 44.6 Å². The summed E-state index contributed by atoms with van der Waals surface area (Å²) in [6.45, 7) is 4.20. The topological polar surface area (TPSA) is 53.5 Å². The molecule has 1 unspecified atom stereocenters. The van der Waals surface area contributed by atoms with Gasteiger partial charge in [0.2, 0.25) is 5.91 Å². The molecule has 2 saturated heterocycles. The fourth-order valence-corrected chi connectivity index (χ4v) is 4.00. The van der Waals surface area contributed by atoms with E-state index in [0.717, 1.165) is 38.8 Å². The van der Waals surface area contributed by atoms with Crippen LogP contribution < -0.4 is 0 Å². The van der Waals surface area contributed by atoms with Crippen LogP contribution in [0.3, 0.4) is 0 Å². The number of piperidine rings is 2. The third-order valence-corrected chi connectivity index (χ3v) is 4.99. The molecule has 1 aromatic rings. The van der Waals surface area contributed by atoms with Gasteiger partial charge in [0.25, 0.3) is 5.91 Å². The number of nitrogens with zero attached hydrogens (tertiary/aromatic N) is 3. The molecule has 22 heavy (non-hydrogen) atoms. The number of aromatic nitrogens is 1. The van der Waals surface area contributed by atoms with Crippen LogP contribution in [0.5, 0.6) is 0 Å². The summed E-state index contributed by atoms with van der Waals surface area (Å²) in [6, 6.07) is 3.51. The first-order chi connectivity index (χ1) is 10.7. The molecule has 0 N–H and O–H groups in total. The number of carbonyl (C=O) groups excluding carboxylic acids is 2. The van der Waals surface area contributed by atoms with Crippen molar-refractivity contribution in [1.82, 2.24) is 14.8 Å². The van der Waals surface area contributed by atoms with E-state index in [2.05, 4.69) is 4.98 Å². The Hall–Kier alpha value is -1.91. The number of likely N-dealkylation sites (tertiary alicyclic amines) is 2. The van der Waals surface area contributed by atoms with Crippen molar-refractivity contribution in [3.05, 3.63) is 30.1 Å². The normalized spacial score (nSPS) is 25.6. The number of likely N-dealkylation sites (N-methyl/N-ethyl adjacent to an activating group) is 1. The van der Waals surface area contributed by atoms with Gasteiger partial charge in [-0.25, -0.2) is 0 Å². The van der Waals surface area contributed by atoms with Gasteiger partial charge in [-0.2, -0.15) is 0 Å². The Bertz CT molecular complexity index is 556. The van der Waals surface area contributed by atoms with Crippen LogP contribution in [0.15, 0.2) is 24.5 Å². The molecule has 2 aliphatic heterocycles. The molecule has 3 rings (SSSR count). The van der Waals surface area contributed by atoms with Crippen LogP contribution in [0, 0.1) is 0 Å². The third kappa shape index (κ3) is 2.60. The van der Waals surface area contributed by atoms with E-state index in [1.165, 1.54) is 0 Å². The molecule has 0 bridgehead atoms.